The largest absolute Gasteiger partial charge is 0.497 e. The number of carbonyl (C=O) groups excluding carboxylic acids is 1. The average molecular weight is 427 g/mol. The number of imidazole rings is 1. The minimum absolute atomic E-state index is 0.202. The highest BCUT2D eigenvalue weighted by molar-refractivity contribution is 6.31. The lowest BCUT2D eigenvalue weighted by molar-refractivity contribution is 0.0516. The Morgan fingerprint density at radius 2 is 2.03 bits per heavy atom. The molecule has 3 rings (SSSR count). The Kier molecular flexibility index (Phi) is 6.74. The Morgan fingerprint density at radius 1 is 1.30 bits per heavy atom. The Labute approximate surface area is 180 Å². The van der Waals surface area contributed by atoms with Crippen molar-refractivity contribution in [2.45, 2.75) is 13.5 Å². The normalized spacial score (nSPS) is 10.6. The number of hydrogen-bond donors (Lipinski definition) is 0. The van der Waals surface area contributed by atoms with Crippen LogP contribution in [0.3, 0.4) is 0 Å². The lowest BCUT2D eigenvalue weighted by Crippen LogP contribution is -2.25. The van der Waals surface area contributed by atoms with Crippen molar-refractivity contribution >= 4 is 35.0 Å². The molecule has 7 nitrogen and oxygen atoms in total. The Balaban J connectivity index is 2.14. The number of ether oxygens (including phenoxy) is 2. The molecule has 2 heterocycles. The molecule has 0 aliphatic heterocycles. The second kappa shape index (κ2) is 9.45. The molecular weight excluding hydrogens is 404 g/mol. The fraction of sp³-hybridized carbons (Fsp3) is 0.227. The standard InChI is InChI=1S/C22H23ClN4O3/c1-5-12-26(14-15-8-10-16(29-4)11-9-15)19-17(6-2)20(23)25-27-18(13-24-21(19)27)22(28)30-7-3/h5-6,8-11,13H,1-2,7,12,14H2,3-4H3. The first-order chi connectivity index (χ1) is 14.5. The van der Waals surface area contributed by atoms with Crippen LogP contribution < -0.4 is 9.64 Å². The van der Waals surface area contributed by atoms with E-state index in [0.29, 0.717) is 30.0 Å². The molecule has 0 fully saturated rings. The maximum atomic E-state index is 12.3. The molecule has 3 aromatic rings. The van der Waals surface area contributed by atoms with Crippen molar-refractivity contribution < 1.29 is 14.3 Å². The maximum Gasteiger partial charge on any atom is 0.358 e. The van der Waals surface area contributed by atoms with E-state index in [1.54, 1.807) is 26.2 Å². The summed E-state index contributed by atoms with van der Waals surface area (Å²) in [7, 11) is 1.63. The number of anilines is 1. The predicted molar refractivity (Wildman–Crippen MR) is 118 cm³/mol. The fourth-order valence-electron chi connectivity index (χ4n) is 3.15. The first-order valence-electron chi connectivity index (χ1n) is 9.39. The molecule has 1 aromatic carbocycles. The quantitative estimate of drug-likeness (QED) is 0.373. The van der Waals surface area contributed by atoms with E-state index in [0.717, 1.165) is 11.3 Å². The van der Waals surface area contributed by atoms with Crippen LogP contribution >= 0.6 is 11.6 Å². The van der Waals surface area contributed by atoms with Gasteiger partial charge in [-0.15, -0.1) is 6.58 Å². The zero-order valence-corrected chi connectivity index (χ0v) is 17.7. The van der Waals surface area contributed by atoms with Crippen LogP contribution in [0.4, 0.5) is 5.69 Å². The summed E-state index contributed by atoms with van der Waals surface area (Å²) in [5.74, 6) is 0.263. The molecule has 0 spiro atoms. The van der Waals surface area contributed by atoms with Gasteiger partial charge in [0.1, 0.15) is 5.75 Å². The van der Waals surface area contributed by atoms with Crippen molar-refractivity contribution in [1.82, 2.24) is 14.6 Å². The van der Waals surface area contributed by atoms with Gasteiger partial charge in [-0.05, 0) is 24.6 Å². The Bertz CT molecular complexity index is 1080. The van der Waals surface area contributed by atoms with E-state index in [2.05, 4.69) is 28.1 Å². The number of esters is 1. The van der Waals surface area contributed by atoms with Crippen LogP contribution in [0.15, 0.2) is 49.7 Å². The second-order valence-corrected chi connectivity index (χ2v) is 6.73. The zero-order valence-electron chi connectivity index (χ0n) is 17.0. The first-order valence-corrected chi connectivity index (χ1v) is 9.77. The third-order valence-corrected chi connectivity index (χ3v) is 4.78. The van der Waals surface area contributed by atoms with Crippen molar-refractivity contribution in [1.29, 1.82) is 0 Å². The van der Waals surface area contributed by atoms with Crippen LogP contribution in [0.1, 0.15) is 28.5 Å². The summed E-state index contributed by atoms with van der Waals surface area (Å²) in [5.41, 5.74) is 3.06. The minimum atomic E-state index is -0.517. The van der Waals surface area contributed by atoms with Gasteiger partial charge in [-0.3, -0.25) is 0 Å². The van der Waals surface area contributed by atoms with Crippen LogP contribution in [0, 0.1) is 0 Å². The van der Waals surface area contributed by atoms with Gasteiger partial charge in [0.15, 0.2) is 16.5 Å². The van der Waals surface area contributed by atoms with E-state index in [9.17, 15) is 4.79 Å². The second-order valence-electron chi connectivity index (χ2n) is 6.37. The number of fused-ring (bicyclic) bond motifs is 1. The number of methoxy groups -OCH3 is 1. The van der Waals surface area contributed by atoms with Gasteiger partial charge in [0.05, 0.1) is 25.6 Å². The molecule has 0 atom stereocenters. The highest BCUT2D eigenvalue weighted by Crippen LogP contribution is 2.33. The summed E-state index contributed by atoms with van der Waals surface area (Å²) >= 11 is 6.45. The molecule has 0 bridgehead atoms. The summed E-state index contributed by atoms with van der Waals surface area (Å²) in [6, 6.07) is 7.77. The Hall–Kier alpha value is -3.32. The summed E-state index contributed by atoms with van der Waals surface area (Å²) in [5, 5.41) is 4.53. The molecule has 30 heavy (non-hydrogen) atoms. The molecule has 0 N–H and O–H groups in total. The van der Waals surface area contributed by atoms with Gasteiger partial charge in [0.25, 0.3) is 0 Å². The summed E-state index contributed by atoms with van der Waals surface area (Å²) in [6.45, 7) is 10.8. The Morgan fingerprint density at radius 3 is 2.63 bits per heavy atom. The number of carbonyl (C=O) groups is 1. The van der Waals surface area contributed by atoms with Crippen molar-refractivity contribution in [2.75, 3.05) is 25.2 Å². The van der Waals surface area contributed by atoms with Gasteiger partial charge < -0.3 is 14.4 Å². The van der Waals surface area contributed by atoms with Gasteiger partial charge in [0, 0.05) is 18.7 Å². The molecule has 8 heteroatoms. The fourth-order valence-corrected chi connectivity index (χ4v) is 3.39. The highest BCUT2D eigenvalue weighted by Gasteiger charge is 2.23. The van der Waals surface area contributed by atoms with Crippen LogP contribution in [0.25, 0.3) is 11.7 Å². The van der Waals surface area contributed by atoms with E-state index in [-0.39, 0.29) is 17.5 Å². The van der Waals surface area contributed by atoms with Gasteiger partial charge in [0.2, 0.25) is 0 Å². The SMILES string of the molecule is C=CCN(Cc1ccc(OC)cc1)c1c(C=C)c(Cl)nn2c(C(=O)OCC)cnc12. The number of hydrogen-bond acceptors (Lipinski definition) is 6. The maximum absolute atomic E-state index is 12.3. The van der Waals surface area contributed by atoms with Crippen molar-refractivity contribution in [2.24, 2.45) is 0 Å². The van der Waals surface area contributed by atoms with Crippen LogP contribution in [0.2, 0.25) is 5.15 Å². The number of nitrogens with zero attached hydrogens (tertiary/aromatic N) is 4. The van der Waals surface area contributed by atoms with Crippen LogP contribution in [0.5, 0.6) is 5.75 Å². The predicted octanol–water partition coefficient (Wildman–Crippen LogP) is 4.40. The van der Waals surface area contributed by atoms with Crippen molar-refractivity contribution in [3.8, 4) is 5.75 Å². The van der Waals surface area contributed by atoms with Gasteiger partial charge >= 0.3 is 5.97 Å². The summed E-state index contributed by atoms with van der Waals surface area (Å²) in [6.07, 6.45) is 4.86. The smallest absolute Gasteiger partial charge is 0.358 e. The molecule has 0 saturated heterocycles. The number of rotatable bonds is 9. The van der Waals surface area contributed by atoms with E-state index in [1.165, 1.54) is 10.7 Å². The molecule has 0 aliphatic rings. The zero-order chi connectivity index (χ0) is 21.7. The third kappa shape index (κ3) is 4.16. The first kappa shape index (κ1) is 21.4. The molecule has 0 saturated carbocycles. The molecule has 0 unspecified atom stereocenters. The molecule has 156 valence electrons. The van der Waals surface area contributed by atoms with E-state index in [1.807, 2.05) is 24.3 Å². The minimum Gasteiger partial charge on any atom is -0.497 e. The number of halogens is 1. The van der Waals surface area contributed by atoms with Crippen LogP contribution in [-0.2, 0) is 11.3 Å². The molecule has 0 radical (unpaired) electrons. The molecule has 0 amide bonds. The van der Waals surface area contributed by atoms with Crippen molar-refractivity contribution in [3.05, 3.63) is 71.7 Å². The number of aromatic nitrogens is 3. The third-order valence-electron chi connectivity index (χ3n) is 4.50. The van der Waals surface area contributed by atoms with Gasteiger partial charge in [-0.25, -0.2) is 14.3 Å². The average Bonchev–Trinajstić information content (AvgIpc) is 3.16. The molecule has 2 aromatic heterocycles. The monoisotopic (exact) mass is 426 g/mol. The van der Waals surface area contributed by atoms with Crippen LogP contribution in [-0.4, -0.2) is 40.8 Å². The van der Waals surface area contributed by atoms with E-state index < -0.39 is 5.97 Å². The summed E-state index contributed by atoms with van der Waals surface area (Å²) < 4.78 is 11.8. The van der Waals surface area contributed by atoms with Gasteiger partial charge in [-0.2, -0.15) is 5.10 Å². The van der Waals surface area contributed by atoms with E-state index >= 15 is 0 Å². The summed E-state index contributed by atoms with van der Waals surface area (Å²) in [4.78, 5) is 18.8. The van der Waals surface area contributed by atoms with Crippen molar-refractivity contribution in [3.63, 3.8) is 0 Å². The lowest BCUT2D eigenvalue weighted by atomic mass is 10.1. The molecular formula is C22H23ClN4O3. The highest BCUT2D eigenvalue weighted by atomic mass is 35.5. The number of benzene rings is 1. The van der Waals surface area contributed by atoms with E-state index in [4.69, 9.17) is 21.1 Å². The lowest BCUT2D eigenvalue weighted by Gasteiger charge is -2.26. The topological polar surface area (TPSA) is 69.0 Å². The molecule has 0 aliphatic carbocycles. The van der Waals surface area contributed by atoms with Gasteiger partial charge in [-0.1, -0.05) is 42.5 Å².